The Morgan fingerprint density at radius 3 is 2.40 bits per heavy atom. The molecule has 0 unspecified atom stereocenters. The molecule has 0 bridgehead atoms. The Labute approximate surface area is 115 Å². The third-order valence-corrected chi connectivity index (χ3v) is 4.09. The first-order valence-corrected chi connectivity index (χ1v) is 6.90. The Morgan fingerprint density at radius 1 is 1.15 bits per heavy atom. The first-order valence-electron chi connectivity index (χ1n) is 6.90. The van der Waals surface area contributed by atoms with E-state index in [1.165, 1.54) is 0 Å². The summed E-state index contributed by atoms with van der Waals surface area (Å²) >= 11 is 0. The second kappa shape index (κ2) is 5.26. The fraction of sp³-hybridized carbons (Fsp3) is 0.571. The number of phenols is 1. The molecular weight excluding hydrogens is 269 g/mol. The molecule has 0 spiro atoms. The van der Waals surface area contributed by atoms with E-state index < -0.39 is 23.2 Å². The Hall–Kier alpha value is -1.27. The number of aromatic hydroxyl groups is 1. The van der Waals surface area contributed by atoms with Gasteiger partial charge in [0.1, 0.15) is 5.75 Å². The summed E-state index contributed by atoms with van der Waals surface area (Å²) in [5.41, 5.74) is -0.0895. The molecule has 110 valence electrons. The number of hydrogen-bond acceptors (Lipinski definition) is 3. The van der Waals surface area contributed by atoms with Gasteiger partial charge in [-0.2, -0.15) is 0 Å². The largest absolute Gasteiger partial charge is 0.507 e. The molecule has 2 fully saturated rings. The number of nitrogens with zero attached hydrogens (tertiary/aromatic N) is 1. The van der Waals surface area contributed by atoms with Crippen LogP contribution in [0.4, 0.5) is 13.2 Å². The van der Waals surface area contributed by atoms with Crippen molar-refractivity contribution >= 4 is 0 Å². The van der Waals surface area contributed by atoms with Gasteiger partial charge in [0.05, 0.1) is 5.56 Å². The number of benzene rings is 1. The van der Waals surface area contributed by atoms with Gasteiger partial charge in [0.2, 0.25) is 0 Å². The predicted octanol–water partition coefficient (Wildman–Crippen LogP) is 2.17. The first kappa shape index (κ1) is 13.7. The van der Waals surface area contributed by atoms with Crippen LogP contribution in [0.25, 0.3) is 0 Å². The summed E-state index contributed by atoms with van der Waals surface area (Å²) in [7, 11) is 0. The second-order valence-corrected chi connectivity index (χ2v) is 5.49. The summed E-state index contributed by atoms with van der Waals surface area (Å²) in [6, 6.07) is 0.304. The van der Waals surface area contributed by atoms with Crippen LogP contribution in [-0.2, 0) is 0 Å². The maximum absolute atomic E-state index is 14.1. The molecule has 2 aliphatic rings. The molecule has 0 aromatic heterocycles. The van der Waals surface area contributed by atoms with E-state index in [2.05, 4.69) is 5.32 Å². The fourth-order valence-corrected chi connectivity index (χ4v) is 2.97. The Bertz CT molecular complexity index is 514. The van der Waals surface area contributed by atoms with Gasteiger partial charge >= 0.3 is 0 Å². The van der Waals surface area contributed by atoms with E-state index in [1.54, 1.807) is 0 Å². The second-order valence-electron chi connectivity index (χ2n) is 5.49. The average Bonchev–Trinajstić information content (AvgIpc) is 3.26. The highest BCUT2D eigenvalue weighted by atomic mass is 19.2. The molecule has 3 rings (SSSR count). The van der Waals surface area contributed by atoms with Crippen molar-refractivity contribution in [3.8, 4) is 5.75 Å². The van der Waals surface area contributed by atoms with Gasteiger partial charge < -0.3 is 10.4 Å². The molecule has 1 saturated heterocycles. The zero-order valence-electron chi connectivity index (χ0n) is 11.0. The Balaban J connectivity index is 2.01. The van der Waals surface area contributed by atoms with Crippen LogP contribution in [0.1, 0.15) is 24.4 Å². The van der Waals surface area contributed by atoms with Crippen LogP contribution in [0.3, 0.4) is 0 Å². The van der Waals surface area contributed by atoms with Crippen LogP contribution in [0, 0.1) is 23.4 Å². The standard InChI is InChI=1S/C14H17F3N2O/c15-9-7-10(20)11(13(17)12(9)16)14(8-1-2-8)19-5-3-18-4-6-19/h7-8,14,18,20H,1-6H2/t14-/m1/s1. The van der Waals surface area contributed by atoms with Crippen molar-refractivity contribution in [3.05, 3.63) is 29.1 Å². The molecule has 0 radical (unpaired) electrons. The lowest BCUT2D eigenvalue weighted by Gasteiger charge is -2.35. The molecule has 1 aromatic carbocycles. The number of phenolic OH excluding ortho intramolecular Hbond substituents is 1. The van der Waals surface area contributed by atoms with Crippen molar-refractivity contribution in [2.45, 2.75) is 18.9 Å². The van der Waals surface area contributed by atoms with Crippen molar-refractivity contribution in [1.82, 2.24) is 10.2 Å². The quantitative estimate of drug-likeness (QED) is 0.836. The van der Waals surface area contributed by atoms with Crippen molar-refractivity contribution in [2.75, 3.05) is 26.2 Å². The van der Waals surface area contributed by atoms with E-state index in [1.807, 2.05) is 4.90 Å². The first-order chi connectivity index (χ1) is 9.59. The molecule has 3 nitrogen and oxygen atoms in total. The molecule has 1 aliphatic carbocycles. The number of piperazine rings is 1. The zero-order valence-corrected chi connectivity index (χ0v) is 11.0. The topological polar surface area (TPSA) is 35.5 Å². The third kappa shape index (κ3) is 2.38. The zero-order chi connectivity index (χ0) is 14.3. The highest BCUT2D eigenvalue weighted by Crippen LogP contribution is 2.48. The normalized spacial score (nSPS) is 21.9. The van der Waals surface area contributed by atoms with Crippen LogP contribution in [0.5, 0.6) is 5.75 Å². The van der Waals surface area contributed by atoms with Gasteiger partial charge in [0.25, 0.3) is 0 Å². The summed E-state index contributed by atoms with van der Waals surface area (Å²) in [5.74, 6) is -4.38. The van der Waals surface area contributed by atoms with E-state index in [9.17, 15) is 18.3 Å². The number of nitrogens with one attached hydrogen (secondary N) is 1. The van der Waals surface area contributed by atoms with Crippen LogP contribution in [-0.4, -0.2) is 36.2 Å². The van der Waals surface area contributed by atoms with Gasteiger partial charge in [-0.25, -0.2) is 13.2 Å². The summed E-state index contributed by atoms with van der Waals surface area (Å²) in [6.07, 6.45) is 1.85. The summed E-state index contributed by atoms with van der Waals surface area (Å²) < 4.78 is 40.7. The van der Waals surface area contributed by atoms with Gasteiger partial charge in [-0.3, -0.25) is 4.90 Å². The van der Waals surface area contributed by atoms with Gasteiger partial charge in [-0.15, -0.1) is 0 Å². The van der Waals surface area contributed by atoms with Crippen LogP contribution >= 0.6 is 0 Å². The van der Waals surface area contributed by atoms with Crippen molar-refractivity contribution < 1.29 is 18.3 Å². The van der Waals surface area contributed by atoms with Crippen LogP contribution in [0.2, 0.25) is 0 Å². The summed E-state index contributed by atoms with van der Waals surface area (Å²) in [5, 5.41) is 13.1. The minimum absolute atomic E-state index is 0.0895. The van der Waals surface area contributed by atoms with Gasteiger partial charge in [0.15, 0.2) is 17.5 Å². The molecular formula is C14H17F3N2O. The Kier molecular flexibility index (Phi) is 3.60. The highest BCUT2D eigenvalue weighted by molar-refractivity contribution is 5.38. The van der Waals surface area contributed by atoms with Crippen LogP contribution in [0.15, 0.2) is 6.07 Å². The number of halogens is 3. The van der Waals surface area contributed by atoms with E-state index in [0.29, 0.717) is 19.2 Å². The minimum Gasteiger partial charge on any atom is -0.507 e. The van der Waals surface area contributed by atoms with E-state index in [4.69, 9.17) is 0 Å². The third-order valence-electron chi connectivity index (χ3n) is 4.09. The van der Waals surface area contributed by atoms with Crippen molar-refractivity contribution in [3.63, 3.8) is 0 Å². The smallest absolute Gasteiger partial charge is 0.195 e. The Morgan fingerprint density at radius 2 is 1.80 bits per heavy atom. The van der Waals surface area contributed by atoms with Crippen LogP contribution < -0.4 is 5.32 Å². The molecule has 1 aromatic rings. The van der Waals surface area contributed by atoms with Gasteiger partial charge in [0, 0.05) is 38.3 Å². The predicted molar refractivity (Wildman–Crippen MR) is 67.9 cm³/mol. The highest BCUT2D eigenvalue weighted by Gasteiger charge is 2.40. The average molecular weight is 286 g/mol. The number of rotatable bonds is 3. The lowest BCUT2D eigenvalue weighted by Crippen LogP contribution is -2.46. The lowest BCUT2D eigenvalue weighted by atomic mass is 9.97. The monoisotopic (exact) mass is 286 g/mol. The van der Waals surface area contributed by atoms with Gasteiger partial charge in [-0.1, -0.05) is 0 Å². The van der Waals surface area contributed by atoms with E-state index >= 15 is 0 Å². The van der Waals surface area contributed by atoms with Crippen molar-refractivity contribution in [2.24, 2.45) is 5.92 Å². The molecule has 0 amide bonds. The lowest BCUT2D eigenvalue weighted by molar-refractivity contribution is 0.149. The molecule has 6 heteroatoms. The molecule has 20 heavy (non-hydrogen) atoms. The number of hydrogen-bond donors (Lipinski definition) is 2. The summed E-state index contributed by atoms with van der Waals surface area (Å²) in [6.45, 7) is 2.96. The van der Waals surface area contributed by atoms with E-state index in [-0.39, 0.29) is 17.5 Å². The minimum atomic E-state index is -1.50. The van der Waals surface area contributed by atoms with E-state index in [0.717, 1.165) is 25.9 Å². The fourth-order valence-electron chi connectivity index (χ4n) is 2.97. The molecule has 1 heterocycles. The van der Waals surface area contributed by atoms with Crippen molar-refractivity contribution in [1.29, 1.82) is 0 Å². The molecule has 1 atom stereocenters. The molecule has 1 aliphatic heterocycles. The maximum Gasteiger partial charge on any atom is 0.195 e. The maximum atomic E-state index is 14.1. The SMILES string of the molecule is Oc1cc(F)c(F)c(F)c1[C@@H](C1CC1)N1CCNCC1. The molecule has 1 saturated carbocycles. The summed E-state index contributed by atoms with van der Waals surface area (Å²) in [4.78, 5) is 2.05. The van der Waals surface area contributed by atoms with Gasteiger partial charge in [-0.05, 0) is 18.8 Å². The molecule has 2 N–H and O–H groups in total.